The van der Waals surface area contributed by atoms with Gasteiger partial charge in [0.05, 0.1) is 6.04 Å². The zero-order chi connectivity index (χ0) is 20.1. The van der Waals surface area contributed by atoms with E-state index in [0.29, 0.717) is 24.8 Å². The first-order valence-corrected chi connectivity index (χ1v) is 10.1. The van der Waals surface area contributed by atoms with Crippen molar-refractivity contribution >= 4 is 17.5 Å². The van der Waals surface area contributed by atoms with E-state index in [4.69, 9.17) is 21.1 Å². The molecule has 1 amide bonds. The normalized spacial score (nSPS) is 15.2. The molecule has 0 spiro atoms. The van der Waals surface area contributed by atoms with Crippen LogP contribution in [-0.4, -0.2) is 25.7 Å². The van der Waals surface area contributed by atoms with Crippen molar-refractivity contribution in [1.82, 2.24) is 5.32 Å². The van der Waals surface area contributed by atoms with Gasteiger partial charge in [0, 0.05) is 10.6 Å². The van der Waals surface area contributed by atoms with Crippen molar-refractivity contribution in [1.29, 1.82) is 0 Å². The van der Waals surface area contributed by atoms with Crippen molar-refractivity contribution < 1.29 is 19.6 Å². The number of hydrogen-bond donors (Lipinski definition) is 2. The summed E-state index contributed by atoms with van der Waals surface area (Å²) in [6.45, 7) is 7.75. The largest absolute Gasteiger partial charge is 0.486 e. The quantitative estimate of drug-likeness (QED) is 0.745. The Morgan fingerprint density at radius 1 is 1.04 bits per heavy atom. The third-order valence-corrected chi connectivity index (χ3v) is 5.21. The molecule has 2 atom stereocenters. The van der Waals surface area contributed by atoms with Crippen LogP contribution in [0.3, 0.4) is 0 Å². The third-order valence-electron chi connectivity index (χ3n) is 4.96. The van der Waals surface area contributed by atoms with Gasteiger partial charge in [-0.15, -0.1) is 0 Å². The highest BCUT2D eigenvalue weighted by Crippen LogP contribution is 2.34. The van der Waals surface area contributed by atoms with E-state index in [9.17, 15) is 4.79 Å². The molecule has 0 fully saturated rings. The lowest BCUT2D eigenvalue weighted by molar-refractivity contribution is -0.682. The molecule has 2 aromatic rings. The molecule has 6 heteroatoms. The first kappa shape index (κ1) is 20.5. The number of fused-ring (bicyclic) bond motifs is 1. The lowest BCUT2D eigenvalue weighted by Gasteiger charge is -2.25. The number of amides is 1. The van der Waals surface area contributed by atoms with Crippen LogP contribution in [0.1, 0.15) is 44.0 Å². The number of nitrogens with one attached hydrogen (secondary N) is 1. The van der Waals surface area contributed by atoms with Crippen LogP contribution >= 0.6 is 11.6 Å². The molecule has 3 rings (SSSR count). The van der Waals surface area contributed by atoms with Crippen LogP contribution in [0.15, 0.2) is 42.5 Å². The van der Waals surface area contributed by atoms with E-state index in [1.54, 1.807) is 0 Å². The van der Waals surface area contributed by atoms with E-state index >= 15 is 0 Å². The molecule has 5 nitrogen and oxygen atoms in total. The van der Waals surface area contributed by atoms with Gasteiger partial charge in [-0.3, -0.25) is 4.79 Å². The van der Waals surface area contributed by atoms with Gasteiger partial charge in [-0.1, -0.05) is 43.6 Å². The summed E-state index contributed by atoms with van der Waals surface area (Å²) in [6, 6.07) is 13.7. The highest BCUT2D eigenvalue weighted by Gasteiger charge is 2.22. The number of carbonyl (C=O) groups excluding carboxylic acids is 1. The van der Waals surface area contributed by atoms with E-state index < -0.39 is 0 Å². The van der Waals surface area contributed by atoms with Gasteiger partial charge < -0.3 is 20.1 Å². The number of ether oxygens (including phenoxy) is 2. The van der Waals surface area contributed by atoms with Crippen molar-refractivity contribution in [3.63, 3.8) is 0 Å². The Hall–Kier alpha value is -2.24. The molecule has 0 bridgehead atoms. The second kappa shape index (κ2) is 9.30. The maximum atomic E-state index is 12.6. The summed E-state index contributed by atoms with van der Waals surface area (Å²) in [4.78, 5) is 12.6. The van der Waals surface area contributed by atoms with Gasteiger partial charge in [-0.25, -0.2) is 0 Å². The molecule has 0 radical (unpaired) electrons. The van der Waals surface area contributed by atoms with Crippen molar-refractivity contribution in [2.45, 2.75) is 32.9 Å². The van der Waals surface area contributed by atoms with Crippen LogP contribution in [0.5, 0.6) is 11.5 Å². The molecule has 0 unspecified atom stereocenters. The number of halogens is 1. The minimum Gasteiger partial charge on any atom is -0.486 e. The molecule has 28 heavy (non-hydrogen) atoms. The summed E-state index contributed by atoms with van der Waals surface area (Å²) in [5.74, 6) is 1.76. The van der Waals surface area contributed by atoms with E-state index in [1.807, 2.05) is 47.8 Å². The third kappa shape index (κ3) is 5.18. The summed E-state index contributed by atoms with van der Waals surface area (Å²) < 4.78 is 11.3. The molecular formula is C22H28ClN2O3+. The number of carbonyl (C=O) groups is 1. The predicted molar refractivity (Wildman–Crippen MR) is 110 cm³/mol. The van der Waals surface area contributed by atoms with Gasteiger partial charge in [0.15, 0.2) is 18.0 Å². The average molecular weight is 404 g/mol. The average Bonchev–Trinajstić information content (AvgIpc) is 2.70. The molecule has 150 valence electrons. The van der Waals surface area contributed by atoms with Crippen LogP contribution in [-0.2, 0) is 4.79 Å². The number of hydrogen-bond acceptors (Lipinski definition) is 3. The molecule has 2 aromatic carbocycles. The van der Waals surface area contributed by atoms with Crippen LogP contribution in [0, 0.1) is 5.92 Å². The Morgan fingerprint density at radius 2 is 1.68 bits per heavy atom. The number of rotatable bonds is 7. The van der Waals surface area contributed by atoms with E-state index in [-0.39, 0.29) is 23.9 Å². The molecule has 1 aliphatic heterocycles. The standard InChI is InChI=1S/C22H27ClN2O3/c1-14(2)22(17-6-9-19-20(12-17)28-11-10-27-19)25-21(26)13-24-15(3)16-4-7-18(23)8-5-16/h4-9,12,14-15,22,24H,10-11,13H2,1-3H3,(H,25,26)/p+1/t15-,22-/m0/s1. The van der Waals surface area contributed by atoms with Gasteiger partial charge >= 0.3 is 0 Å². The molecular weight excluding hydrogens is 376 g/mol. The van der Waals surface area contributed by atoms with Crippen molar-refractivity contribution in [3.05, 3.63) is 58.6 Å². The van der Waals surface area contributed by atoms with Crippen LogP contribution in [0.2, 0.25) is 5.02 Å². The summed E-state index contributed by atoms with van der Waals surface area (Å²) >= 11 is 5.94. The molecule has 0 saturated heterocycles. The zero-order valence-electron chi connectivity index (χ0n) is 16.6. The summed E-state index contributed by atoms with van der Waals surface area (Å²) in [5, 5.41) is 5.91. The smallest absolute Gasteiger partial charge is 0.275 e. The molecule has 3 N–H and O–H groups in total. The zero-order valence-corrected chi connectivity index (χ0v) is 17.3. The Balaban J connectivity index is 1.60. The second-order valence-electron chi connectivity index (χ2n) is 7.47. The van der Waals surface area contributed by atoms with Crippen LogP contribution in [0.4, 0.5) is 0 Å². The highest BCUT2D eigenvalue weighted by atomic mass is 35.5. The lowest BCUT2D eigenvalue weighted by Crippen LogP contribution is -2.87. The maximum Gasteiger partial charge on any atom is 0.275 e. The van der Waals surface area contributed by atoms with Crippen LogP contribution in [0.25, 0.3) is 0 Å². The van der Waals surface area contributed by atoms with Gasteiger partial charge in [0.2, 0.25) is 0 Å². The fourth-order valence-corrected chi connectivity index (χ4v) is 3.43. The minimum absolute atomic E-state index is 0.00871. The van der Waals surface area contributed by atoms with E-state index in [2.05, 4.69) is 26.1 Å². The van der Waals surface area contributed by atoms with E-state index in [0.717, 1.165) is 22.6 Å². The van der Waals surface area contributed by atoms with Gasteiger partial charge in [-0.2, -0.15) is 0 Å². The highest BCUT2D eigenvalue weighted by molar-refractivity contribution is 6.30. The molecule has 0 aliphatic carbocycles. The summed E-state index contributed by atoms with van der Waals surface area (Å²) in [7, 11) is 0. The summed E-state index contributed by atoms with van der Waals surface area (Å²) in [5.41, 5.74) is 2.17. The number of quaternary nitrogens is 1. The van der Waals surface area contributed by atoms with Gasteiger partial charge in [0.25, 0.3) is 5.91 Å². The first-order valence-electron chi connectivity index (χ1n) is 9.71. The Morgan fingerprint density at radius 3 is 2.36 bits per heavy atom. The number of benzene rings is 2. The summed E-state index contributed by atoms with van der Waals surface area (Å²) in [6.07, 6.45) is 0. The number of nitrogens with two attached hydrogens (primary N) is 1. The SMILES string of the molecule is CC(C)[C@H](NC(=O)C[NH2+][C@@H](C)c1ccc(Cl)cc1)c1ccc2c(c1)OCCO2. The second-order valence-corrected chi connectivity index (χ2v) is 7.91. The molecule has 1 aliphatic rings. The predicted octanol–water partition coefficient (Wildman–Crippen LogP) is 3.25. The Labute approximate surface area is 171 Å². The fourth-order valence-electron chi connectivity index (χ4n) is 3.31. The minimum atomic E-state index is -0.0810. The van der Waals surface area contributed by atoms with Crippen molar-refractivity contribution in [3.8, 4) is 11.5 Å². The Bertz CT molecular complexity index is 808. The molecule has 0 aromatic heterocycles. The van der Waals surface area contributed by atoms with E-state index in [1.165, 1.54) is 0 Å². The fraction of sp³-hybridized carbons (Fsp3) is 0.409. The molecule has 1 heterocycles. The van der Waals surface area contributed by atoms with Crippen molar-refractivity contribution in [2.24, 2.45) is 5.92 Å². The van der Waals surface area contributed by atoms with Gasteiger partial charge in [-0.05, 0) is 42.7 Å². The lowest BCUT2D eigenvalue weighted by atomic mass is 9.95. The Kier molecular flexibility index (Phi) is 6.81. The monoisotopic (exact) mass is 403 g/mol. The topological polar surface area (TPSA) is 64.2 Å². The van der Waals surface area contributed by atoms with Crippen LogP contribution < -0.4 is 20.1 Å². The van der Waals surface area contributed by atoms with Crippen molar-refractivity contribution in [2.75, 3.05) is 19.8 Å². The maximum absolute atomic E-state index is 12.6. The van der Waals surface area contributed by atoms with Gasteiger partial charge in [0.1, 0.15) is 19.3 Å². The first-order chi connectivity index (χ1) is 13.4. The molecule has 0 saturated carbocycles.